The van der Waals surface area contributed by atoms with Crippen molar-refractivity contribution in [3.05, 3.63) is 0 Å². The van der Waals surface area contributed by atoms with Gasteiger partial charge in [-0.25, -0.2) is 0 Å². The summed E-state index contributed by atoms with van der Waals surface area (Å²) in [6.07, 6.45) is 1.66. The van der Waals surface area contributed by atoms with E-state index in [0.717, 1.165) is 0 Å². The zero-order chi connectivity index (χ0) is 10.2. The maximum Gasteiger partial charge on any atom is 0.125 e. The minimum Gasteiger partial charge on any atom is -0.137 e. The summed E-state index contributed by atoms with van der Waals surface area (Å²) >= 11 is 10.9. The van der Waals surface area contributed by atoms with Gasteiger partial charge in [-0.3, -0.25) is 0 Å². The van der Waals surface area contributed by atoms with Gasteiger partial charge in [-0.15, -0.1) is 43.2 Å². The van der Waals surface area contributed by atoms with Gasteiger partial charge in [-0.2, -0.15) is 0 Å². The Morgan fingerprint density at radius 1 is 0.923 bits per heavy atom. The smallest absolute Gasteiger partial charge is 0.125 e. The van der Waals surface area contributed by atoms with E-state index in [-0.39, 0.29) is 0 Å². The lowest BCUT2D eigenvalue weighted by atomic mass is 10.0. The van der Waals surface area contributed by atoms with Gasteiger partial charge in [0.05, 0.1) is 0 Å². The molecule has 0 radical (unpaired) electrons. The second-order valence-corrected chi connectivity index (χ2v) is 3.61. The van der Waals surface area contributed by atoms with Gasteiger partial charge >= 0.3 is 0 Å². The summed E-state index contributed by atoms with van der Waals surface area (Å²) in [5.41, 5.74) is 1.55. The quantitative estimate of drug-likeness (QED) is 0.384. The Morgan fingerprint density at radius 3 is 1.54 bits per heavy atom. The molecule has 0 aliphatic carbocycles. The molecule has 0 bridgehead atoms. The Bertz CT molecular complexity index is 113. The second-order valence-electron chi connectivity index (χ2n) is 2.86. The molecule has 0 aromatic rings. The van der Waals surface area contributed by atoms with Gasteiger partial charge in [0.1, 0.15) is 5.66 Å². The molecule has 80 valence electrons. The highest BCUT2D eigenvalue weighted by Gasteiger charge is 2.28. The number of nitrogens with one attached hydrogen (secondary N) is 2. The Balaban J connectivity index is 3.97. The van der Waals surface area contributed by atoms with Crippen molar-refractivity contribution in [3.8, 4) is 0 Å². The molecule has 0 rings (SSSR count). The molecular formula is C7H14Cl2F2N2. The fourth-order valence-corrected chi connectivity index (χ4v) is 1.34. The Kier molecular flexibility index (Phi) is 7.95. The number of halogens is 4. The third kappa shape index (κ3) is 4.96. The van der Waals surface area contributed by atoms with Crippen molar-refractivity contribution in [1.29, 1.82) is 0 Å². The number of alkyl halides is 2. The average Bonchev–Trinajstić information content (AvgIpc) is 2.20. The molecule has 0 aliphatic heterocycles. The maximum atomic E-state index is 12.3. The summed E-state index contributed by atoms with van der Waals surface area (Å²) < 4.78 is 24.6. The number of hydrogen-bond acceptors (Lipinski definition) is 2. The molecule has 2 N–H and O–H groups in total. The van der Waals surface area contributed by atoms with E-state index in [2.05, 4.69) is 0 Å². The zero-order valence-corrected chi connectivity index (χ0v) is 8.77. The highest BCUT2D eigenvalue weighted by atomic mass is 35.5. The van der Waals surface area contributed by atoms with Crippen molar-refractivity contribution in [2.75, 3.05) is 11.8 Å². The fourth-order valence-electron chi connectivity index (χ4n) is 1.07. The highest BCUT2D eigenvalue weighted by Crippen LogP contribution is 2.18. The van der Waals surface area contributed by atoms with Crippen molar-refractivity contribution >= 4 is 23.2 Å². The van der Waals surface area contributed by atoms with Gasteiger partial charge in [0.2, 0.25) is 0 Å². The van der Waals surface area contributed by atoms with Crippen LogP contribution in [0.25, 0.3) is 0 Å². The third-order valence-electron chi connectivity index (χ3n) is 1.84. The minimum absolute atomic E-state index is 0.292. The van der Waals surface area contributed by atoms with Crippen LogP contribution in [0, 0.1) is 0 Å². The molecule has 6 heteroatoms. The molecule has 0 atom stereocenters. The molecule has 0 heterocycles. The normalized spacial score (nSPS) is 12.0. The Hall–Kier alpha value is 0.360. The van der Waals surface area contributed by atoms with E-state index in [9.17, 15) is 8.96 Å². The number of rotatable bonds is 8. The van der Waals surface area contributed by atoms with Crippen LogP contribution in [0.3, 0.4) is 0 Å². The van der Waals surface area contributed by atoms with Gasteiger partial charge in [0.15, 0.2) is 0 Å². The summed E-state index contributed by atoms with van der Waals surface area (Å²) in [6, 6.07) is 0. The molecule has 0 fully saturated rings. The molecule has 0 amide bonds. The molecular weight excluding hydrogens is 221 g/mol. The monoisotopic (exact) mass is 234 g/mol. The van der Waals surface area contributed by atoms with E-state index < -0.39 is 5.66 Å². The van der Waals surface area contributed by atoms with E-state index in [0.29, 0.717) is 37.4 Å². The second kappa shape index (κ2) is 7.74. The van der Waals surface area contributed by atoms with Crippen molar-refractivity contribution < 1.29 is 8.96 Å². The van der Waals surface area contributed by atoms with E-state index in [1.54, 1.807) is 0 Å². The van der Waals surface area contributed by atoms with Crippen LogP contribution in [0.4, 0.5) is 8.96 Å². The SMILES string of the molecule is FNC(CCCCl)(CCCCl)NF. The van der Waals surface area contributed by atoms with E-state index in [1.165, 1.54) is 11.1 Å². The van der Waals surface area contributed by atoms with E-state index in [4.69, 9.17) is 23.2 Å². The van der Waals surface area contributed by atoms with Gasteiger partial charge in [-0.05, 0) is 25.7 Å². The van der Waals surface area contributed by atoms with Crippen LogP contribution in [0.15, 0.2) is 0 Å². The molecule has 0 saturated carbocycles. The van der Waals surface area contributed by atoms with Gasteiger partial charge in [0, 0.05) is 11.8 Å². The minimum atomic E-state index is -1.32. The molecule has 0 aromatic heterocycles. The molecule has 0 aromatic carbocycles. The molecule has 2 nitrogen and oxygen atoms in total. The van der Waals surface area contributed by atoms with Crippen LogP contribution >= 0.6 is 23.2 Å². The standard InChI is InChI=1S/C7H14Cl2F2N2/c8-5-1-3-7(12-10,13-11)4-2-6-9/h12-13H,1-6H2. The topological polar surface area (TPSA) is 24.1 Å². The lowest BCUT2D eigenvalue weighted by molar-refractivity contribution is 0.0432. The lowest BCUT2D eigenvalue weighted by Crippen LogP contribution is -2.50. The van der Waals surface area contributed by atoms with Gasteiger partial charge in [0.25, 0.3) is 0 Å². The number of hydrogen-bond donors (Lipinski definition) is 2. The summed E-state index contributed by atoms with van der Waals surface area (Å²) in [4.78, 5) is 0. The first-order valence-corrected chi connectivity index (χ1v) is 5.19. The summed E-state index contributed by atoms with van der Waals surface area (Å²) in [6.45, 7) is 0. The van der Waals surface area contributed by atoms with E-state index in [1.807, 2.05) is 0 Å². The predicted octanol–water partition coefficient (Wildman–Crippen LogP) is 2.67. The van der Waals surface area contributed by atoms with Crippen LogP contribution in [0.1, 0.15) is 25.7 Å². The first kappa shape index (κ1) is 13.4. The zero-order valence-electron chi connectivity index (χ0n) is 7.25. The van der Waals surface area contributed by atoms with Crippen molar-refractivity contribution in [3.63, 3.8) is 0 Å². The lowest BCUT2D eigenvalue weighted by Gasteiger charge is -2.27. The molecule has 0 unspecified atom stereocenters. The predicted molar refractivity (Wildman–Crippen MR) is 51.1 cm³/mol. The van der Waals surface area contributed by atoms with E-state index >= 15 is 0 Å². The first-order chi connectivity index (χ1) is 6.24. The largest absolute Gasteiger partial charge is 0.137 e. The fraction of sp³-hybridized carbons (Fsp3) is 1.00. The average molecular weight is 235 g/mol. The Labute approximate surface area is 86.8 Å². The first-order valence-electron chi connectivity index (χ1n) is 4.12. The third-order valence-corrected chi connectivity index (χ3v) is 2.37. The highest BCUT2D eigenvalue weighted by molar-refractivity contribution is 6.18. The van der Waals surface area contributed by atoms with Gasteiger partial charge in [-0.1, -0.05) is 0 Å². The molecule has 13 heavy (non-hydrogen) atoms. The van der Waals surface area contributed by atoms with Crippen LogP contribution in [-0.4, -0.2) is 17.4 Å². The maximum absolute atomic E-state index is 12.3. The Morgan fingerprint density at radius 2 is 1.31 bits per heavy atom. The van der Waals surface area contributed by atoms with Crippen LogP contribution in [0.2, 0.25) is 0 Å². The molecule has 0 saturated heterocycles. The van der Waals surface area contributed by atoms with Crippen LogP contribution in [0.5, 0.6) is 0 Å². The van der Waals surface area contributed by atoms with Crippen molar-refractivity contribution in [2.24, 2.45) is 0 Å². The van der Waals surface area contributed by atoms with Gasteiger partial charge < -0.3 is 0 Å². The van der Waals surface area contributed by atoms with Crippen molar-refractivity contribution in [2.45, 2.75) is 31.3 Å². The molecule has 0 spiro atoms. The summed E-state index contributed by atoms with van der Waals surface area (Å²) in [5.74, 6) is 0.762. The summed E-state index contributed by atoms with van der Waals surface area (Å²) in [7, 11) is 0. The van der Waals surface area contributed by atoms with Crippen molar-refractivity contribution in [1.82, 2.24) is 11.1 Å². The summed E-state index contributed by atoms with van der Waals surface area (Å²) in [5, 5.41) is 0. The molecule has 0 aliphatic rings. The van der Waals surface area contributed by atoms with Crippen LogP contribution < -0.4 is 11.1 Å². The van der Waals surface area contributed by atoms with Crippen LogP contribution in [-0.2, 0) is 0 Å².